The van der Waals surface area contributed by atoms with Gasteiger partial charge in [0.25, 0.3) is 5.82 Å². The van der Waals surface area contributed by atoms with E-state index in [1.165, 1.54) is 12.1 Å². The second kappa shape index (κ2) is 7.54. The van der Waals surface area contributed by atoms with E-state index in [1.54, 1.807) is 0 Å². The Morgan fingerprint density at radius 1 is 1.24 bits per heavy atom. The average molecular weight is 440 g/mol. The van der Waals surface area contributed by atoms with Crippen LogP contribution in [0.3, 0.4) is 0 Å². The number of nitrogens with zero attached hydrogens (tertiary/aromatic N) is 3. The first-order valence-corrected chi connectivity index (χ1v) is 12.0. The lowest BCUT2D eigenvalue weighted by Crippen LogP contribution is -2.22. The van der Waals surface area contributed by atoms with Crippen molar-refractivity contribution in [3.63, 3.8) is 0 Å². The van der Waals surface area contributed by atoms with Crippen molar-refractivity contribution in [1.29, 1.82) is 0 Å². The van der Waals surface area contributed by atoms with E-state index in [9.17, 15) is 17.6 Å². The van der Waals surface area contributed by atoms with Gasteiger partial charge >= 0.3 is 6.18 Å². The minimum absolute atomic E-state index is 0.0694. The third kappa shape index (κ3) is 5.61. The molecule has 0 atom stereocenters. The summed E-state index contributed by atoms with van der Waals surface area (Å²) in [6, 6.07) is 4.89. The summed E-state index contributed by atoms with van der Waals surface area (Å²) in [7, 11) is -1.33. The van der Waals surface area contributed by atoms with Crippen LogP contribution in [0.1, 0.15) is 5.82 Å². The van der Waals surface area contributed by atoms with E-state index in [0.717, 1.165) is 16.8 Å². The van der Waals surface area contributed by atoms with E-state index in [0.29, 0.717) is 11.1 Å². The van der Waals surface area contributed by atoms with Crippen molar-refractivity contribution < 1.29 is 22.3 Å². The third-order valence-electron chi connectivity index (χ3n) is 3.31. The maximum absolute atomic E-state index is 14.1. The number of hydrogen-bond donors (Lipinski definition) is 0. The highest BCUT2D eigenvalue weighted by Gasteiger charge is 2.37. The molecule has 0 spiro atoms. The number of rotatable bonds is 6. The van der Waals surface area contributed by atoms with Crippen LogP contribution in [0.15, 0.2) is 22.7 Å². The van der Waals surface area contributed by atoms with Gasteiger partial charge < -0.3 is 4.74 Å². The molecule has 0 aliphatic rings. The number of alkyl halides is 3. The Morgan fingerprint density at radius 3 is 2.48 bits per heavy atom. The Kier molecular flexibility index (Phi) is 6.05. The quantitative estimate of drug-likeness (QED) is 0.353. The summed E-state index contributed by atoms with van der Waals surface area (Å²) in [5, 5.41) is 3.44. The maximum atomic E-state index is 14.1. The molecule has 0 aliphatic heterocycles. The largest absolute Gasteiger partial charge is 0.453 e. The fourth-order valence-corrected chi connectivity index (χ4v) is 3.04. The molecule has 138 valence electrons. The molecule has 25 heavy (non-hydrogen) atoms. The number of benzene rings is 1. The van der Waals surface area contributed by atoms with Gasteiger partial charge in [0.05, 0.1) is 5.56 Å². The molecule has 0 N–H and O–H groups in total. The molecule has 0 saturated carbocycles. The van der Waals surface area contributed by atoms with Gasteiger partial charge in [0.1, 0.15) is 12.5 Å². The molecule has 2 aromatic rings. The smallest absolute Gasteiger partial charge is 0.359 e. The molecule has 0 bridgehead atoms. The lowest BCUT2D eigenvalue weighted by atomic mass is 10.2. The lowest BCUT2D eigenvalue weighted by molar-refractivity contribution is -0.145. The van der Waals surface area contributed by atoms with Gasteiger partial charge in [-0.05, 0) is 24.2 Å². The molecule has 0 fully saturated rings. The third-order valence-corrected chi connectivity index (χ3v) is 5.50. The van der Waals surface area contributed by atoms with Crippen LogP contribution < -0.4 is 0 Å². The van der Waals surface area contributed by atoms with Crippen LogP contribution in [0, 0.1) is 5.82 Å². The van der Waals surface area contributed by atoms with Gasteiger partial charge in [0, 0.05) is 19.2 Å². The Bertz CT molecular complexity index is 743. The van der Waals surface area contributed by atoms with Gasteiger partial charge in [-0.2, -0.15) is 13.2 Å². The van der Waals surface area contributed by atoms with Crippen LogP contribution in [0.4, 0.5) is 17.6 Å². The van der Waals surface area contributed by atoms with E-state index < -0.39 is 25.9 Å². The van der Waals surface area contributed by atoms with Crippen molar-refractivity contribution in [2.24, 2.45) is 0 Å². The Morgan fingerprint density at radius 2 is 1.92 bits per heavy atom. The van der Waals surface area contributed by atoms with Crippen molar-refractivity contribution >= 4 is 24.0 Å². The van der Waals surface area contributed by atoms with Crippen molar-refractivity contribution in [1.82, 2.24) is 14.8 Å². The molecule has 1 heterocycles. The van der Waals surface area contributed by atoms with Crippen LogP contribution in [-0.4, -0.2) is 29.4 Å². The zero-order chi connectivity index (χ0) is 18.8. The SMILES string of the molecule is C[Si](C)(C)CCOCn1nc(C(F)(F)F)nc1-c1ccc(Br)cc1F. The number of hydrogen-bond acceptors (Lipinski definition) is 3. The average Bonchev–Trinajstić information content (AvgIpc) is 2.86. The molecule has 4 nitrogen and oxygen atoms in total. The fraction of sp³-hybridized carbons (Fsp3) is 0.467. The maximum Gasteiger partial charge on any atom is 0.453 e. The zero-order valence-electron chi connectivity index (χ0n) is 14.0. The van der Waals surface area contributed by atoms with Crippen LogP contribution >= 0.6 is 15.9 Å². The predicted molar refractivity (Wildman–Crippen MR) is 92.2 cm³/mol. The van der Waals surface area contributed by atoms with Crippen molar-refractivity contribution in [3.05, 3.63) is 34.3 Å². The Balaban J connectivity index is 2.29. The standard InChI is InChI=1S/C15H18BrF4N3OSi/c1-25(2,3)7-6-24-9-23-13(21-14(22-23)15(18,19)20)11-5-4-10(16)8-12(11)17/h4-5,8H,6-7,9H2,1-3H3. The molecule has 0 radical (unpaired) electrons. The molecule has 1 aromatic carbocycles. The Hall–Kier alpha value is -1.26. The van der Waals surface area contributed by atoms with Crippen LogP contribution in [-0.2, 0) is 17.6 Å². The van der Waals surface area contributed by atoms with E-state index in [1.807, 2.05) is 0 Å². The summed E-state index contributed by atoms with van der Waals surface area (Å²) >= 11 is 3.11. The molecule has 1 aromatic heterocycles. The lowest BCUT2D eigenvalue weighted by Gasteiger charge is -2.15. The zero-order valence-corrected chi connectivity index (χ0v) is 16.6. The second-order valence-electron chi connectivity index (χ2n) is 6.73. The molecular weight excluding hydrogens is 422 g/mol. The predicted octanol–water partition coefficient (Wildman–Crippen LogP) is 5.18. The van der Waals surface area contributed by atoms with Crippen molar-refractivity contribution in [2.45, 2.75) is 38.6 Å². The highest BCUT2D eigenvalue weighted by molar-refractivity contribution is 9.10. The van der Waals surface area contributed by atoms with Gasteiger partial charge in [-0.3, -0.25) is 0 Å². The fourth-order valence-electron chi connectivity index (χ4n) is 1.95. The summed E-state index contributed by atoms with van der Waals surface area (Å²) in [6.45, 7) is 6.67. The summed E-state index contributed by atoms with van der Waals surface area (Å²) in [5.41, 5.74) is -0.0694. The number of ether oxygens (including phenoxy) is 1. The highest BCUT2D eigenvalue weighted by Crippen LogP contribution is 2.30. The van der Waals surface area contributed by atoms with Crippen LogP contribution in [0.2, 0.25) is 25.7 Å². The van der Waals surface area contributed by atoms with Gasteiger partial charge in [0.15, 0.2) is 5.82 Å². The molecular formula is C15H18BrF4N3OSi. The summed E-state index contributed by atoms with van der Waals surface area (Å²) < 4.78 is 59.8. The Labute approximate surface area is 152 Å². The monoisotopic (exact) mass is 439 g/mol. The summed E-state index contributed by atoms with van der Waals surface area (Å²) in [5.74, 6) is -2.23. The molecule has 0 amide bonds. The molecule has 0 saturated heterocycles. The molecule has 0 aliphatic carbocycles. The first-order valence-electron chi connectivity index (χ1n) is 7.52. The van der Waals surface area contributed by atoms with Crippen LogP contribution in [0.5, 0.6) is 0 Å². The molecule has 2 rings (SSSR count). The highest BCUT2D eigenvalue weighted by atomic mass is 79.9. The van der Waals surface area contributed by atoms with E-state index >= 15 is 0 Å². The number of halogens is 5. The first-order chi connectivity index (χ1) is 11.5. The summed E-state index contributed by atoms with van der Waals surface area (Å²) in [4.78, 5) is 3.47. The molecule has 0 unspecified atom stereocenters. The van der Waals surface area contributed by atoms with Crippen molar-refractivity contribution in [3.8, 4) is 11.4 Å². The molecule has 10 heteroatoms. The van der Waals surface area contributed by atoms with Gasteiger partial charge in [-0.15, -0.1) is 5.10 Å². The van der Waals surface area contributed by atoms with E-state index in [2.05, 4.69) is 45.7 Å². The van der Waals surface area contributed by atoms with Gasteiger partial charge in [-0.25, -0.2) is 14.1 Å². The van der Waals surface area contributed by atoms with E-state index in [-0.39, 0.29) is 18.1 Å². The van der Waals surface area contributed by atoms with Gasteiger partial charge in [-0.1, -0.05) is 35.6 Å². The second-order valence-corrected chi connectivity index (χ2v) is 13.3. The summed E-state index contributed by atoms with van der Waals surface area (Å²) in [6.07, 6.45) is -4.72. The van der Waals surface area contributed by atoms with Gasteiger partial charge in [0.2, 0.25) is 0 Å². The minimum Gasteiger partial charge on any atom is -0.359 e. The van der Waals surface area contributed by atoms with Crippen LogP contribution in [0.25, 0.3) is 11.4 Å². The number of aromatic nitrogens is 3. The topological polar surface area (TPSA) is 39.9 Å². The van der Waals surface area contributed by atoms with E-state index in [4.69, 9.17) is 4.74 Å². The normalized spacial score (nSPS) is 12.6. The first kappa shape index (κ1) is 20.1. The van der Waals surface area contributed by atoms with Crippen molar-refractivity contribution in [2.75, 3.05) is 6.61 Å². The minimum atomic E-state index is -4.72.